The Kier molecular flexibility index (Phi) is 9.51. The molecule has 6 rings (SSSR count). The van der Waals surface area contributed by atoms with Crippen molar-refractivity contribution in [3.63, 3.8) is 0 Å². The van der Waals surface area contributed by atoms with Crippen LogP contribution in [0.3, 0.4) is 0 Å². The van der Waals surface area contributed by atoms with Crippen LogP contribution in [0.5, 0.6) is 0 Å². The molecule has 1 saturated carbocycles. The van der Waals surface area contributed by atoms with E-state index in [9.17, 15) is 14.7 Å². The highest BCUT2D eigenvalue weighted by molar-refractivity contribution is 5.80. The van der Waals surface area contributed by atoms with Crippen LogP contribution in [0.25, 0.3) is 28.3 Å². The summed E-state index contributed by atoms with van der Waals surface area (Å²) in [5.41, 5.74) is 2.53. The fraction of sp³-hybridized carbons (Fsp3) is 0.457. The Hall–Kier alpha value is -4.42. The second kappa shape index (κ2) is 13.7. The Morgan fingerprint density at radius 1 is 1.13 bits per heavy atom. The fourth-order valence-corrected chi connectivity index (χ4v) is 6.45. The van der Waals surface area contributed by atoms with Crippen molar-refractivity contribution < 1.29 is 18.8 Å². The molecule has 11 nitrogen and oxygen atoms in total. The van der Waals surface area contributed by atoms with Gasteiger partial charge in [-0.25, -0.2) is 13.7 Å². The predicted molar refractivity (Wildman–Crippen MR) is 175 cm³/mol. The molecule has 0 spiro atoms. The minimum Gasteiger partial charge on any atom is -0.387 e. The van der Waals surface area contributed by atoms with Gasteiger partial charge in [0.25, 0.3) is 5.56 Å². The Morgan fingerprint density at radius 3 is 2.57 bits per heavy atom. The van der Waals surface area contributed by atoms with Crippen LogP contribution in [0, 0.1) is 5.82 Å². The number of H-pyrrole nitrogens is 1. The number of fused-ring (bicyclic) bond motifs is 1. The Bertz CT molecular complexity index is 1970. The first-order valence-corrected chi connectivity index (χ1v) is 16.5. The number of nitrogens with zero attached hydrogens (tertiary/aromatic N) is 5. The summed E-state index contributed by atoms with van der Waals surface area (Å²) in [4.78, 5) is 32.9. The monoisotopic (exact) mass is 644 g/mol. The van der Waals surface area contributed by atoms with E-state index < -0.39 is 17.2 Å². The second-order valence-corrected chi connectivity index (χ2v) is 12.6. The van der Waals surface area contributed by atoms with Crippen molar-refractivity contribution in [3.05, 3.63) is 92.3 Å². The zero-order valence-electron chi connectivity index (χ0n) is 27.0. The molecule has 0 radical (unpaired) electrons. The van der Waals surface area contributed by atoms with Gasteiger partial charge in [0.15, 0.2) is 5.82 Å². The highest BCUT2D eigenvalue weighted by Gasteiger charge is 2.35. The Morgan fingerprint density at radius 2 is 1.91 bits per heavy atom. The third-order valence-corrected chi connectivity index (χ3v) is 9.34. The molecule has 0 amide bonds. The zero-order chi connectivity index (χ0) is 33.1. The van der Waals surface area contributed by atoms with Gasteiger partial charge < -0.3 is 9.84 Å². The number of aromatic nitrogens is 6. The van der Waals surface area contributed by atoms with Crippen LogP contribution in [0.1, 0.15) is 88.6 Å². The number of halogens is 1. The van der Waals surface area contributed by atoms with Gasteiger partial charge in [-0.3, -0.25) is 18.9 Å². The van der Waals surface area contributed by atoms with Gasteiger partial charge in [-0.2, -0.15) is 10.1 Å². The number of nitrogens with one attached hydrogen (secondary N) is 1. The van der Waals surface area contributed by atoms with E-state index in [1.54, 1.807) is 33.3 Å². The maximum Gasteiger partial charge on any atom is 0.439 e. The average molecular weight is 645 g/mol. The van der Waals surface area contributed by atoms with Crippen molar-refractivity contribution in [1.82, 2.24) is 29.3 Å². The van der Waals surface area contributed by atoms with Crippen molar-refractivity contribution in [2.45, 2.75) is 96.3 Å². The number of ether oxygens (including phenoxy) is 1. The molecule has 3 heterocycles. The summed E-state index contributed by atoms with van der Waals surface area (Å²) in [7, 11) is 0. The maximum absolute atomic E-state index is 15.9. The first-order valence-electron chi connectivity index (χ1n) is 16.5. The summed E-state index contributed by atoms with van der Waals surface area (Å²) in [6, 6.07) is 11.9. The minimum absolute atomic E-state index is 0.0345. The molecule has 0 aliphatic heterocycles. The lowest BCUT2D eigenvalue weighted by Crippen LogP contribution is -2.42. The molecule has 47 heavy (non-hydrogen) atoms. The summed E-state index contributed by atoms with van der Waals surface area (Å²) < 4.78 is 30.1. The lowest BCUT2D eigenvalue weighted by molar-refractivity contribution is -0.116. The largest absolute Gasteiger partial charge is 0.439 e. The number of aliphatic hydroxyl groups is 1. The summed E-state index contributed by atoms with van der Waals surface area (Å²) >= 11 is 0. The molecule has 1 aliphatic carbocycles. The summed E-state index contributed by atoms with van der Waals surface area (Å²) in [5.74, 6) is -0.416. The van der Waals surface area contributed by atoms with Crippen LogP contribution in [0.2, 0.25) is 0 Å². The van der Waals surface area contributed by atoms with Gasteiger partial charge in [0, 0.05) is 23.6 Å². The number of rotatable bonds is 14. The Labute approximate surface area is 271 Å². The van der Waals surface area contributed by atoms with Gasteiger partial charge in [0.2, 0.25) is 5.78 Å². The number of benzene rings is 2. The van der Waals surface area contributed by atoms with E-state index in [2.05, 4.69) is 31.7 Å². The van der Waals surface area contributed by atoms with Gasteiger partial charge in [-0.1, -0.05) is 61.8 Å². The molecule has 1 fully saturated rings. The molecule has 5 aromatic rings. The summed E-state index contributed by atoms with van der Waals surface area (Å²) in [6.45, 7) is 6.41. The molecule has 12 heteroatoms. The van der Waals surface area contributed by atoms with Crippen molar-refractivity contribution in [3.8, 4) is 22.5 Å². The van der Waals surface area contributed by atoms with Crippen LogP contribution >= 0.6 is 0 Å². The molecule has 1 aliphatic rings. The molecule has 2 aromatic carbocycles. The van der Waals surface area contributed by atoms with Crippen LogP contribution in [0.4, 0.5) is 4.39 Å². The van der Waals surface area contributed by atoms with E-state index in [1.807, 2.05) is 26.0 Å². The van der Waals surface area contributed by atoms with Crippen molar-refractivity contribution in [1.29, 1.82) is 0 Å². The van der Waals surface area contributed by atoms with E-state index in [0.717, 1.165) is 37.8 Å². The molecule has 3 aromatic heterocycles. The highest BCUT2D eigenvalue weighted by atomic mass is 19.1. The van der Waals surface area contributed by atoms with E-state index in [4.69, 9.17) is 4.74 Å². The van der Waals surface area contributed by atoms with Gasteiger partial charge in [-0.15, -0.1) is 0 Å². The third-order valence-electron chi connectivity index (χ3n) is 9.34. The van der Waals surface area contributed by atoms with Gasteiger partial charge >= 0.3 is 5.76 Å². The minimum atomic E-state index is -0.706. The molecular formula is C35H41FN6O5. The standard InChI is InChI=1S/C35H41FN6O5/c1-4-9-30-28(18-24-14-13-23(19-29(24)36)26-10-6-7-11-27(26)31-39-34(44)47-40-31)32(43)41(33-37-21-38-42(30)33)22(3)12-15-25(5-2)46-20-35(45)16-8-17-35/h6-7,10-11,13-14,19,21-22,25,45H,4-5,8-9,12,15-18,20H2,1-3H3,(H,39,40,44)/t22-,25-/m0/s1. The SMILES string of the molecule is CCCc1c(Cc2ccc(-c3ccccc3-c3noc(=O)[nH]3)cc2F)c(=O)n([C@@H](C)CC[C@H](CC)OCC2(O)CCC2)c2ncnn12. The van der Waals surface area contributed by atoms with Crippen LogP contribution < -0.4 is 11.3 Å². The molecule has 248 valence electrons. The van der Waals surface area contributed by atoms with Gasteiger partial charge in [0.05, 0.1) is 24.0 Å². The smallest absolute Gasteiger partial charge is 0.387 e. The molecule has 2 atom stereocenters. The second-order valence-electron chi connectivity index (χ2n) is 12.6. The molecular weight excluding hydrogens is 603 g/mol. The van der Waals surface area contributed by atoms with Crippen molar-refractivity contribution >= 4 is 5.78 Å². The third kappa shape index (κ3) is 6.70. The highest BCUT2D eigenvalue weighted by Crippen LogP contribution is 2.33. The van der Waals surface area contributed by atoms with E-state index in [0.29, 0.717) is 59.5 Å². The lowest BCUT2D eigenvalue weighted by atomic mass is 9.81. The van der Waals surface area contributed by atoms with Crippen molar-refractivity contribution in [2.24, 2.45) is 0 Å². The quantitative estimate of drug-likeness (QED) is 0.158. The van der Waals surface area contributed by atoms with E-state index >= 15 is 4.39 Å². The number of aromatic amines is 1. The number of hydrogen-bond acceptors (Lipinski definition) is 8. The van der Waals surface area contributed by atoms with Crippen molar-refractivity contribution in [2.75, 3.05) is 6.61 Å². The lowest BCUT2D eigenvalue weighted by Gasteiger charge is -2.37. The van der Waals surface area contributed by atoms with Gasteiger partial charge in [0.1, 0.15) is 12.1 Å². The zero-order valence-corrected chi connectivity index (χ0v) is 27.0. The van der Waals surface area contributed by atoms with Crippen LogP contribution in [-0.2, 0) is 17.6 Å². The molecule has 0 unspecified atom stereocenters. The van der Waals surface area contributed by atoms with Crippen LogP contribution in [-0.4, -0.2) is 52.7 Å². The molecule has 2 N–H and O–H groups in total. The topological polar surface area (TPSA) is 141 Å². The fourth-order valence-electron chi connectivity index (χ4n) is 6.45. The normalized spacial score (nSPS) is 15.5. The van der Waals surface area contributed by atoms with E-state index in [-0.39, 0.29) is 30.0 Å². The number of hydrogen-bond donors (Lipinski definition) is 2. The average Bonchev–Trinajstić information content (AvgIpc) is 3.72. The molecule has 0 saturated heterocycles. The molecule has 0 bridgehead atoms. The Balaban J connectivity index is 1.30. The maximum atomic E-state index is 15.9. The van der Waals surface area contributed by atoms with Crippen LogP contribution in [0.15, 0.2) is 62.9 Å². The first-order chi connectivity index (χ1) is 22.7. The van der Waals surface area contributed by atoms with Gasteiger partial charge in [-0.05, 0) is 74.6 Å². The number of aryl methyl sites for hydroxylation is 1. The first kappa shape index (κ1) is 32.5. The van der Waals surface area contributed by atoms with E-state index in [1.165, 1.54) is 12.4 Å². The summed E-state index contributed by atoms with van der Waals surface area (Å²) in [6.07, 6.45) is 7.59. The summed E-state index contributed by atoms with van der Waals surface area (Å²) in [5, 5.41) is 18.8. The predicted octanol–water partition coefficient (Wildman–Crippen LogP) is 5.64.